The summed E-state index contributed by atoms with van der Waals surface area (Å²) in [6.45, 7) is 9.33. The molecule has 1 aromatic rings. The van der Waals surface area contributed by atoms with Crippen molar-refractivity contribution in [2.45, 2.75) is 101 Å². The van der Waals surface area contributed by atoms with E-state index in [2.05, 4.69) is 21.6 Å². The van der Waals surface area contributed by atoms with Gasteiger partial charge >= 0.3 is 6.09 Å². The van der Waals surface area contributed by atoms with E-state index in [9.17, 15) is 27.6 Å². The van der Waals surface area contributed by atoms with Crippen molar-refractivity contribution in [3.05, 3.63) is 54.1 Å². The van der Waals surface area contributed by atoms with E-state index >= 15 is 0 Å². The van der Waals surface area contributed by atoms with Crippen LogP contribution in [0.25, 0.3) is 6.08 Å². The molecule has 2 saturated carbocycles. The number of carbonyl (C=O) groups excluding carboxylic acids is 4. The van der Waals surface area contributed by atoms with Crippen molar-refractivity contribution in [3.8, 4) is 5.88 Å². The van der Waals surface area contributed by atoms with Crippen molar-refractivity contribution in [2.24, 2.45) is 11.3 Å². The van der Waals surface area contributed by atoms with E-state index < -0.39 is 74.1 Å². The van der Waals surface area contributed by atoms with Crippen LogP contribution >= 0.6 is 0 Å². The van der Waals surface area contributed by atoms with Gasteiger partial charge in [-0.1, -0.05) is 26.8 Å². The van der Waals surface area contributed by atoms with E-state index in [4.69, 9.17) is 14.2 Å². The summed E-state index contributed by atoms with van der Waals surface area (Å²) in [5.74, 6) is -2.17. The standard InChI is InChI=1S/C36H47N5O9S/c1-6-24-20-36(24,33(44)39-51(46,47)26-13-14-26)38-30(42)27-19-25-21-40(27)32(43)29(35(2,3)4)41-28(48-5)18-22(11-8-7-9-16-49-34(41)45)17-23-12-10-15-37-31(23)50-25/h6,10,12,15,17-18,24-27,29H,1,7-9,11,13-14,16,19-21H2,2-5H3,(H,38,42)(H,39,44)/b22-17-,28-18-/t24-,25-,27+,29-,36-/m1/s1. The average molecular weight is 726 g/mol. The molecule has 5 atom stereocenters. The minimum Gasteiger partial charge on any atom is -0.482 e. The monoisotopic (exact) mass is 725 g/mol. The molecule has 14 nitrogen and oxygen atoms in total. The molecule has 1 aromatic heterocycles. The Morgan fingerprint density at radius 1 is 1.16 bits per heavy atom. The van der Waals surface area contributed by atoms with Gasteiger partial charge in [0.25, 0.3) is 5.91 Å². The van der Waals surface area contributed by atoms with Gasteiger partial charge < -0.3 is 24.4 Å². The van der Waals surface area contributed by atoms with Crippen LogP contribution in [0.2, 0.25) is 0 Å². The highest BCUT2D eigenvalue weighted by Gasteiger charge is 2.62. The molecule has 0 aromatic carbocycles. The predicted molar refractivity (Wildman–Crippen MR) is 186 cm³/mol. The Morgan fingerprint density at radius 3 is 2.59 bits per heavy atom. The van der Waals surface area contributed by atoms with Gasteiger partial charge in [-0.05, 0) is 74.1 Å². The van der Waals surface area contributed by atoms with Gasteiger partial charge in [-0.2, -0.15) is 0 Å². The molecule has 3 aliphatic heterocycles. The highest BCUT2D eigenvalue weighted by molar-refractivity contribution is 7.91. The number of hydrogen-bond acceptors (Lipinski definition) is 10. The quantitative estimate of drug-likeness (QED) is 0.397. The fourth-order valence-corrected chi connectivity index (χ4v) is 8.48. The smallest absolute Gasteiger partial charge is 0.417 e. The molecule has 0 radical (unpaired) electrons. The van der Waals surface area contributed by atoms with Crippen LogP contribution < -0.4 is 14.8 Å². The van der Waals surface area contributed by atoms with Crippen LogP contribution in [-0.4, -0.2) is 96.3 Å². The number of aromatic nitrogens is 1. The number of nitrogens with one attached hydrogen (secondary N) is 2. The number of methoxy groups -OCH3 is 1. The third kappa shape index (κ3) is 7.49. The number of carbonyl (C=O) groups is 4. The first-order chi connectivity index (χ1) is 24.2. The molecule has 4 heterocycles. The highest BCUT2D eigenvalue weighted by Crippen LogP contribution is 2.46. The number of hydrogen-bond donors (Lipinski definition) is 2. The number of rotatable bonds is 7. The van der Waals surface area contributed by atoms with E-state index in [-0.39, 0.29) is 31.9 Å². The summed E-state index contributed by atoms with van der Waals surface area (Å²) < 4.78 is 45.6. The first-order valence-electron chi connectivity index (χ1n) is 17.5. The number of amides is 4. The number of allylic oxidation sites excluding steroid dienone is 2. The second-order valence-corrected chi connectivity index (χ2v) is 17.0. The third-order valence-electron chi connectivity index (χ3n) is 10.1. The van der Waals surface area contributed by atoms with E-state index in [0.29, 0.717) is 37.1 Å². The van der Waals surface area contributed by atoms with Crippen LogP contribution in [0.3, 0.4) is 0 Å². The molecule has 2 aliphatic carbocycles. The lowest BCUT2D eigenvalue weighted by Crippen LogP contribution is -2.61. The maximum atomic E-state index is 15.0. The molecule has 276 valence electrons. The van der Waals surface area contributed by atoms with Gasteiger partial charge in [0.2, 0.25) is 27.7 Å². The van der Waals surface area contributed by atoms with Crippen LogP contribution in [0.1, 0.15) is 77.7 Å². The van der Waals surface area contributed by atoms with Gasteiger partial charge in [-0.3, -0.25) is 19.1 Å². The zero-order chi connectivity index (χ0) is 36.7. The second-order valence-electron chi connectivity index (χ2n) is 15.0. The lowest BCUT2D eigenvalue weighted by Gasteiger charge is -2.41. The van der Waals surface area contributed by atoms with Gasteiger partial charge in [0.15, 0.2) is 5.88 Å². The molecule has 3 fully saturated rings. The number of fused-ring (bicyclic) bond motifs is 5. The molecule has 1 saturated heterocycles. The minimum absolute atomic E-state index is 0.0366. The summed E-state index contributed by atoms with van der Waals surface area (Å²) in [4.78, 5) is 63.9. The van der Waals surface area contributed by atoms with Crippen LogP contribution in [0.4, 0.5) is 4.79 Å². The fourth-order valence-electron chi connectivity index (χ4n) is 7.12. The van der Waals surface area contributed by atoms with E-state index in [1.165, 1.54) is 23.0 Å². The largest absolute Gasteiger partial charge is 0.482 e. The molecule has 2 N–H and O–H groups in total. The predicted octanol–water partition coefficient (Wildman–Crippen LogP) is 3.41. The molecule has 4 bridgehead atoms. The van der Waals surface area contributed by atoms with Crippen molar-refractivity contribution < 1.29 is 41.8 Å². The lowest BCUT2D eigenvalue weighted by atomic mass is 9.84. The van der Waals surface area contributed by atoms with Gasteiger partial charge in [0.1, 0.15) is 23.7 Å². The van der Waals surface area contributed by atoms with Crippen molar-refractivity contribution in [2.75, 3.05) is 20.3 Å². The summed E-state index contributed by atoms with van der Waals surface area (Å²) in [6, 6.07) is 1.28. The van der Waals surface area contributed by atoms with Crippen LogP contribution in [0.5, 0.6) is 5.88 Å². The summed E-state index contributed by atoms with van der Waals surface area (Å²) in [5.41, 5.74) is -0.951. The SMILES string of the molecule is C=C[C@@H]1C[C@]1(NC(=O)[C@@H]1C[C@@H]2CN1C(=O)[C@H](C(C)(C)C)N1C(=O)OCCCCCC(=C/c3cccnc3O2)/C=C/1OC)C(=O)NS(=O)(=O)C1CC1. The Kier molecular flexibility index (Phi) is 9.96. The molecule has 5 aliphatic rings. The molecule has 51 heavy (non-hydrogen) atoms. The number of cyclic esters (lactones) is 1. The molecule has 0 unspecified atom stereocenters. The topological polar surface area (TPSA) is 174 Å². The average Bonchev–Trinajstić information content (AvgIpc) is 4.00. The summed E-state index contributed by atoms with van der Waals surface area (Å²) in [5, 5.41) is 2.16. The van der Waals surface area contributed by atoms with Crippen molar-refractivity contribution in [1.29, 1.82) is 0 Å². The zero-order valence-corrected chi connectivity index (χ0v) is 30.4. The first kappa shape index (κ1) is 36.4. The molecular formula is C36H47N5O9S. The maximum absolute atomic E-state index is 15.0. The normalized spacial score (nSPS) is 30.6. The first-order valence-corrected chi connectivity index (χ1v) is 19.1. The number of ether oxygens (including phenoxy) is 3. The second kappa shape index (κ2) is 14.0. The van der Waals surface area contributed by atoms with Crippen LogP contribution in [-0.2, 0) is 33.9 Å². The lowest BCUT2D eigenvalue weighted by molar-refractivity contribution is -0.146. The number of pyridine rings is 1. The van der Waals surface area contributed by atoms with Gasteiger partial charge in [0.05, 0.1) is 25.5 Å². The Bertz CT molecular complexity index is 1770. The van der Waals surface area contributed by atoms with E-state index in [0.717, 1.165) is 18.4 Å². The van der Waals surface area contributed by atoms with Crippen LogP contribution in [0.15, 0.2) is 48.5 Å². The Hall–Kier alpha value is -4.40. The molecule has 0 spiro atoms. The maximum Gasteiger partial charge on any atom is 0.417 e. The van der Waals surface area contributed by atoms with Gasteiger partial charge in [-0.15, -0.1) is 6.58 Å². The third-order valence-corrected chi connectivity index (χ3v) is 11.9. The Labute approximate surface area is 298 Å². The summed E-state index contributed by atoms with van der Waals surface area (Å²) >= 11 is 0. The summed E-state index contributed by atoms with van der Waals surface area (Å²) in [6.07, 6.45) is 9.31. The summed E-state index contributed by atoms with van der Waals surface area (Å²) in [7, 11) is -2.47. The van der Waals surface area contributed by atoms with Crippen LogP contribution in [0, 0.1) is 11.3 Å². The molecular weight excluding hydrogens is 678 g/mol. The zero-order valence-electron chi connectivity index (χ0n) is 29.6. The number of sulfonamides is 1. The van der Waals surface area contributed by atoms with Gasteiger partial charge in [0, 0.05) is 30.2 Å². The number of nitrogens with zero attached hydrogens (tertiary/aromatic N) is 3. The van der Waals surface area contributed by atoms with Gasteiger partial charge in [-0.25, -0.2) is 23.1 Å². The highest BCUT2D eigenvalue weighted by atomic mass is 32.2. The van der Waals surface area contributed by atoms with Crippen molar-refractivity contribution >= 4 is 39.9 Å². The fraction of sp³-hybridized carbons (Fsp3) is 0.583. The Balaban J connectivity index is 1.42. The van der Waals surface area contributed by atoms with E-state index in [1.54, 1.807) is 18.3 Å². The molecule has 6 rings (SSSR count). The van der Waals surface area contributed by atoms with Crippen molar-refractivity contribution in [3.63, 3.8) is 0 Å². The molecule has 15 heteroatoms. The Morgan fingerprint density at radius 2 is 1.92 bits per heavy atom. The van der Waals surface area contributed by atoms with Crippen molar-refractivity contribution in [1.82, 2.24) is 24.8 Å². The minimum atomic E-state index is -3.90. The van der Waals surface area contributed by atoms with E-state index in [1.807, 2.05) is 32.9 Å². The molecule has 4 amide bonds.